The van der Waals surface area contributed by atoms with Crippen molar-refractivity contribution in [1.82, 2.24) is 10.2 Å². The number of allylic oxidation sites excluding steroid dienone is 3. The van der Waals surface area contributed by atoms with Crippen molar-refractivity contribution in [2.45, 2.75) is 47.0 Å². The van der Waals surface area contributed by atoms with Gasteiger partial charge in [-0.3, -0.25) is 9.69 Å². The Labute approximate surface area is 114 Å². The summed E-state index contributed by atoms with van der Waals surface area (Å²) in [7, 11) is 0. The molecule has 2 aliphatic heterocycles. The summed E-state index contributed by atoms with van der Waals surface area (Å²) in [5, 5.41) is 13.2. The number of amides is 1. The van der Waals surface area contributed by atoms with Gasteiger partial charge in [-0.15, -0.1) is 0 Å². The van der Waals surface area contributed by atoms with E-state index in [2.05, 4.69) is 32.2 Å². The molecular formula is C15H22N2O2. The summed E-state index contributed by atoms with van der Waals surface area (Å²) in [6, 6.07) is 0. The third-order valence-electron chi connectivity index (χ3n) is 3.46. The van der Waals surface area contributed by atoms with Gasteiger partial charge in [-0.05, 0) is 25.8 Å². The summed E-state index contributed by atoms with van der Waals surface area (Å²) < 4.78 is 0. The highest BCUT2D eigenvalue weighted by molar-refractivity contribution is 5.96. The van der Waals surface area contributed by atoms with Crippen LogP contribution in [0.25, 0.3) is 0 Å². The van der Waals surface area contributed by atoms with Gasteiger partial charge in [0.05, 0.1) is 5.57 Å². The largest absolute Gasteiger partial charge is 0.494 e. The molecule has 0 unspecified atom stereocenters. The van der Waals surface area contributed by atoms with E-state index in [1.165, 1.54) is 0 Å². The van der Waals surface area contributed by atoms with Crippen LogP contribution in [0.1, 0.15) is 47.0 Å². The molecule has 0 fully saturated rings. The fourth-order valence-corrected chi connectivity index (χ4v) is 2.63. The Balaban J connectivity index is 2.40. The van der Waals surface area contributed by atoms with E-state index in [4.69, 9.17) is 0 Å². The van der Waals surface area contributed by atoms with Crippen LogP contribution in [0.3, 0.4) is 0 Å². The zero-order valence-electron chi connectivity index (χ0n) is 12.1. The number of fused-ring (bicyclic) bond motifs is 1. The van der Waals surface area contributed by atoms with Gasteiger partial charge in [-0.2, -0.15) is 0 Å². The van der Waals surface area contributed by atoms with Gasteiger partial charge in [0.1, 0.15) is 5.82 Å². The second kappa shape index (κ2) is 4.76. The number of carbonyl (C=O) groups excluding carboxylic acids is 1. The number of carbonyl (C=O) groups is 1. The van der Waals surface area contributed by atoms with Gasteiger partial charge in [-0.1, -0.05) is 33.3 Å². The lowest BCUT2D eigenvalue weighted by Crippen LogP contribution is -2.43. The minimum Gasteiger partial charge on any atom is -0.494 e. The molecule has 2 aliphatic rings. The first kappa shape index (κ1) is 13.7. The van der Waals surface area contributed by atoms with Crippen molar-refractivity contribution in [2.75, 3.05) is 0 Å². The van der Waals surface area contributed by atoms with Crippen molar-refractivity contribution < 1.29 is 9.90 Å². The molecular weight excluding hydrogens is 240 g/mol. The Morgan fingerprint density at radius 3 is 2.68 bits per heavy atom. The van der Waals surface area contributed by atoms with E-state index in [-0.39, 0.29) is 17.2 Å². The molecule has 104 valence electrons. The van der Waals surface area contributed by atoms with Crippen LogP contribution in [0.4, 0.5) is 0 Å². The molecule has 2 rings (SSSR count). The minimum absolute atomic E-state index is 0.0766. The molecule has 4 nitrogen and oxygen atoms in total. The molecule has 19 heavy (non-hydrogen) atoms. The molecule has 0 aromatic carbocycles. The Kier molecular flexibility index (Phi) is 3.43. The highest BCUT2D eigenvalue weighted by atomic mass is 16.3. The van der Waals surface area contributed by atoms with Crippen LogP contribution in [0, 0.1) is 5.41 Å². The van der Waals surface area contributed by atoms with Crippen molar-refractivity contribution >= 4 is 5.91 Å². The predicted molar refractivity (Wildman–Crippen MR) is 74.8 cm³/mol. The fourth-order valence-electron chi connectivity index (χ4n) is 2.63. The Morgan fingerprint density at radius 2 is 2.05 bits per heavy atom. The standard InChI is InChI=1S/C15H22N2O2/c1-5-6-7-11-13(18)16-12-9-15(3,4)8-10(2)17(12)14(11)19/h8-9,19H,5-7H2,1-4H3,(H,16,18). The van der Waals surface area contributed by atoms with Crippen LogP contribution in [0.5, 0.6) is 0 Å². The molecule has 0 saturated carbocycles. The van der Waals surface area contributed by atoms with E-state index in [0.29, 0.717) is 17.8 Å². The van der Waals surface area contributed by atoms with E-state index in [1.807, 2.05) is 13.0 Å². The first-order valence-electron chi connectivity index (χ1n) is 6.81. The maximum atomic E-state index is 12.1. The van der Waals surface area contributed by atoms with Crippen molar-refractivity contribution in [1.29, 1.82) is 0 Å². The van der Waals surface area contributed by atoms with Crippen LogP contribution in [0.15, 0.2) is 35.1 Å². The molecule has 0 aliphatic carbocycles. The van der Waals surface area contributed by atoms with E-state index < -0.39 is 0 Å². The van der Waals surface area contributed by atoms with E-state index in [9.17, 15) is 9.90 Å². The number of unbranched alkanes of at least 4 members (excludes halogenated alkanes) is 1. The smallest absolute Gasteiger partial charge is 0.258 e. The Morgan fingerprint density at radius 1 is 1.37 bits per heavy atom. The lowest BCUT2D eigenvalue weighted by atomic mass is 9.88. The lowest BCUT2D eigenvalue weighted by Gasteiger charge is -2.38. The van der Waals surface area contributed by atoms with Crippen LogP contribution >= 0.6 is 0 Å². The highest BCUT2D eigenvalue weighted by Gasteiger charge is 2.34. The van der Waals surface area contributed by atoms with E-state index in [1.54, 1.807) is 4.90 Å². The van der Waals surface area contributed by atoms with Crippen molar-refractivity contribution in [3.63, 3.8) is 0 Å². The zero-order chi connectivity index (χ0) is 14.2. The van der Waals surface area contributed by atoms with Crippen molar-refractivity contribution in [3.8, 4) is 0 Å². The number of nitrogens with zero attached hydrogens (tertiary/aromatic N) is 1. The normalized spacial score (nSPS) is 21.7. The molecule has 0 atom stereocenters. The second-order valence-corrected chi connectivity index (χ2v) is 5.83. The van der Waals surface area contributed by atoms with Crippen LogP contribution in [-0.4, -0.2) is 15.9 Å². The third-order valence-corrected chi connectivity index (χ3v) is 3.46. The second-order valence-electron chi connectivity index (χ2n) is 5.83. The average molecular weight is 262 g/mol. The van der Waals surface area contributed by atoms with Gasteiger partial charge in [0.15, 0.2) is 0 Å². The third kappa shape index (κ3) is 2.53. The van der Waals surface area contributed by atoms with Gasteiger partial charge >= 0.3 is 0 Å². The Hall–Kier alpha value is -1.71. The number of aliphatic hydroxyl groups excluding tert-OH is 1. The van der Waals surface area contributed by atoms with Crippen LogP contribution in [-0.2, 0) is 4.79 Å². The van der Waals surface area contributed by atoms with E-state index >= 15 is 0 Å². The monoisotopic (exact) mass is 262 g/mol. The topological polar surface area (TPSA) is 52.6 Å². The zero-order valence-corrected chi connectivity index (χ0v) is 12.1. The SMILES string of the molecule is CCCCC1=C(O)N2C(C)=CC(C)(C)C=C2NC1=O. The number of hydrogen-bond acceptors (Lipinski definition) is 3. The summed E-state index contributed by atoms with van der Waals surface area (Å²) in [6.45, 7) is 8.15. The molecule has 0 aromatic rings. The molecule has 0 saturated heterocycles. The minimum atomic E-state index is -0.182. The molecule has 2 N–H and O–H groups in total. The summed E-state index contributed by atoms with van der Waals surface area (Å²) in [5.74, 6) is 0.555. The molecule has 0 radical (unpaired) electrons. The van der Waals surface area contributed by atoms with Gasteiger partial charge in [0.2, 0.25) is 5.88 Å². The molecule has 4 heteroatoms. The fraction of sp³-hybridized carbons (Fsp3) is 0.533. The number of aliphatic hydroxyl groups is 1. The lowest BCUT2D eigenvalue weighted by molar-refractivity contribution is -0.118. The van der Waals surface area contributed by atoms with Crippen molar-refractivity contribution in [3.05, 3.63) is 35.1 Å². The number of nitrogens with one attached hydrogen (secondary N) is 1. The van der Waals surface area contributed by atoms with Gasteiger partial charge in [0, 0.05) is 11.1 Å². The summed E-state index contributed by atoms with van der Waals surface area (Å²) in [6.07, 6.45) is 6.55. The van der Waals surface area contributed by atoms with Crippen LogP contribution in [0.2, 0.25) is 0 Å². The average Bonchev–Trinajstić information content (AvgIpc) is 2.25. The maximum absolute atomic E-state index is 12.1. The van der Waals surface area contributed by atoms with Gasteiger partial charge in [-0.25, -0.2) is 0 Å². The molecule has 0 bridgehead atoms. The first-order chi connectivity index (χ1) is 8.85. The highest BCUT2D eigenvalue weighted by Crippen LogP contribution is 2.35. The Bertz CT molecular complexity index is 498. The summed E-state index contributed by atoms with van der Waals surface area (Å²) in [4.78, 5) is 13.8. The quantitative estimate of drug-likeness (QED) is 0.821. The summed E-state index contributed by atoms with van der Waals surface area (Å²) >= 11 is 0. The predicted octanol–water partition coefficient (Wildman–Crippen LogP) is 3.16. The first-order valence-corrected chi connectivity index (χ1v) is 6.81. The van der Waals surface area contributed by atoms with Crippen LogP contribution < -0.4 is 5.32 Å². The molecule has 2 heterocycles. The number of rotatable bonds is 3. The number of hydrogen-bond donors (Lipinski definition) is 2. The van der Waals surface area contributed by atoms with Gasteiger partial charge in [0.25, 0.3) is 5.91 Å². The summed E-state index contributed by atoms with van der Waals surface area (Å²) in [5.41, 5.74) is 1.30. The maximum Gasteiger partial charge on any atom is 0.258 e. The molecule has 1 amide bonds. The molecule has 0 spiro atoms. The van der Waals surface area contributed by atoms with E-state index in [0.717, 1.165) is 18.5 Å². The van der Waals surface area contributed by atoms with Crippen molar-refractivity contribution in [2.24, 2.45) is 5.41 Å². The van der Waals surface area contributed by atoms with Gasteiger partial charge < -0.3 is 10.4 Å². The molecule has 0 aromatic heterocycles.